The standard InChI is InChI=1S/C15H23N5OS/c1-3-7-12-17-14(19-18-12)22-10-13(21)20(2)15(11-16)8-5-4-6-9-15/h3-10H2,1-2H3,(H,17,18,19). The van der Waals surface area contributed by atoms with Crippen molar-refractivity contribution in [2.75, 3.05) is 12.8 Å². The van der Waals surface area contributed by atoms with Crippen molar-refractivity contribution >= 4 is 17.7 Å². The molecule has 0 atom stereocenters. The average Bonchev–Trinajstić information content (AvgIpc) is 3.00. The van der Waals surface area contributed by atoms with E-state index in [4.69, 9.17) is 0 Å². The summed E-state index contributed by atoms with van der Waals surface area (Å²) < 4.78 is 0. The van der Waals surface area contributed by atoms with Crippen LogP contribution in [0.5, 0.6) is 0 Å². The van der Waals surface area contributed by atoms with Gasteiger partial charge in [-0.15, -0.1) is 5.10 Å². The fourth-order valence-corrected chi connectivity index (χ4v) is 3.54. The van der Waals surface area contributed by atoms with Crippen molar-refractivity contribution in [1.82, 2.24) is 20.1 Å². The fraction of sp³-hybridized carbons (Fsp3) is 0.733. The van der Waals surface area contributed by atoms with Gasteiger partial charge in [0.05, 0.1) is 11.8 Å². The van der Waals surface area contributed by atoms with Crippen LogP contribution in [0.2, 0.25) is 0 Å². The average molecular weight is 321 g/mol. The second-order valence-corrected chi connectivity index (χ2v) is 6.70. The van der Waals surface area contributed by atoms with Crippen molar-refractivity contribution in [3.05, 3.63) is 5.82 Å². The number of hydrogen-bond acceptors (Lipinski definition) is 5. The van der Waals surface area contributed by atoms with Gasteiger partial charge in [0.1, 0.15) is 11.4 Å². The number of aromatic nitrogens is 3. The highest BCUT2D eigenvalue weighted by Crippen LogP contribution is 2.32. The van der Waals surface area contributed by atoms with E-state index in [1.807, 2.05) is 0 Å². The highest BCUT2D eigenvalue weighted by atomic mass is 32.2. The van der Waals surface area contributed by atoms with Crippen LogP contribution in [0, 0.1) is 11.3 Å². The summed E-state index contributed by atoms with van der Waals surface area (Å²) in [6, 6.07) is 2.38. The van der Waals surface area contributed by atoms with E-state index < -0.39 is 5.54 Å². The number of aromatic amines is 1. The Morgan fingerprint density at radius 1 is 1.45 bits per heavy atom. The quantitative estimate of drug-likeness (QED) is 0.814. The Morgan fingerprint density at radius 2 is 2.18 bits per heavy atom. The largest absolute Gasteiger partial charge is 0.326 e. The highest BCUT2D eigenvalue weighted by molar-refractivity contribution is 7.99. The third-order valence-corrected chi connectivity index (χ3v) is 5.06. The van der Waals surface area contributed by atoms with Gasteiger partial charge in [0.15, 0.2) is 0 Å². The van der Waals surface area contributed by atoms with Crippen LogP contribution in [0.3, 0.4) is 0 Å². The van der Waals surface area contributed by atoms with Gasteiger partial charge in [0.2, 0.25) is 11.1 Å². The number of thioether (sulfide) groups is 1. The molecule has 2 rings (SSSR count). The Kier molecular flexibility index (Phi) is 5.83. The molecule has 6 nitrogen and oxygen atoms in total. The van der Waals surface area contributed by atoms with E-state index >= 15 is 0 Å². The molecule has 1 N–H and O–H groups in total. The van der Waals surface area contributed by atoms with Crippen molar-refractivity contribution in [2.24, 2.45) is 0 Å². The molecule has 22 heavy (non-hydrogen) atoms. The van der Waals surface area contributed by atoms with Crippen LogP contribution >= 0.6 is 11.8 Å². The molecule has 1 fully saturated rings. The monoisotopic (exact) mass is 321 g/mol. The molecule has 1 saturated carbocycles. The lowest BCUT2D eigenvalue weighted by Gasteiger charge is -2.38. The first-order valence-corrected chi connectivity index (χ1v) is 8.82. The lowest BCUT2D eigenvalue weighted by atomic mass is 9.81. The van der Waals surface area contributed by atoms with Gasteiger partial charge >= 0.3 is 0 Å². The molecule has 0 saturated heterocycles. The van der Waals surface area contributed by atoms with Gasteiger partial charge in [-0.25, -0.2) is 4.98 Å². The van der Waals surface area contributed by atoms with Crippen molar-refractivity contribution in [3.8, 4) is 6.07 Å². The molecular weight excluding hydrogens is 298 g/mol. The van der Waals surface area contributed by atoms with Gasteiger partial charge in [-0.3, -0.25) is 9.89 Å². The van der Waals surface area contributed by atoms with E-state index in [-0.39, 0.29) is 11.7 Å². The molecule has 0 unspecified atom stereocenters. The molecule has 120 valence electrons. The predicted molar refractivity (Wildman–Crippen MR) is 85.3 cm³/mol. The first-order chi connectivity index (χ1) is 10.6. The van der Waals surface area contributed by atoms with Crippen molar-refractivity contribution in [1.29, 1.82) is 5.26 Å². The molecule has 0 aliphatic heterocycles. The maximum Gasteiger partial charge on any atom is 0.234 e. The summed E-state index contributed by atoms with van der Waals surface area (Å²) in [6.45, 7) is 2.08. The number of H-pyrrole nitrogens is 1. The third kappa shape index (κ3) is 3.80. The minimum absolute atomic E-state index is 0.0321. The lowest BCUT2D eigenvalue weighted by Crippen LogP contribution is -2.50. The van der Waals surface area contributed by atoms with Crippen LogP contribution < -0.4 is 0 Å². The predicted octanol–water partition coefficient (Wildman–Crippen LogP) is 2.53. The Morgan fingerprint density at radius 3 is 2.82 bits per heavy atom. The lowest BCUT2D eigenvalue weighted by molar-refractivity contribution is -0.131. The summed E-state index contributed by atoms with van der Waals surface area (Å²) in [7, 11) is 1.75. The van der Waals surface area contributed by atoms with E-state index in [1.165, 1.54) is 11.8 Å². The molecule has 1 aromatic rings. The number of nitrogens with zero attached hydrogens (tertiary/aromatic N) is 4. The fourth-order valence-electron chi connectivity index (χ4n) is 2.81. The first-order valence-electron chi connectivity index (χ1n) is 7.83. The number of rotatable bonds is 6. The van der Waals surface area contributed by atoms with Crippen LogP contribution in [0.4, 0.5) is 0 Å². The molecule has 0 aromatic carbocycles. The van der Waals surface area contributed by atoms with Crippen molar-refractivity contribution in [3.63, 3.8) is 0 Å². The molecule has 7 heteroatoms. The van der Waals surface area contributed by atoms with E-state index in [0.29, 0.717) is 5.16 Å². The minimum Gasteiger partial charge on any atom is -0.326 e. The Hall–Kier alpha value is -1.55. The van der Waals surface area contributed by atoms with Gasteiger partial charge in [0.25, 0.3) is 0 Å². The number of carbonyl (C=O) groups is 1. The summed E-state index contributed by atoms with van der Waals surface area (Å²) in [4.78, 5) is 18.4. The smallest absolute Gasteiger partial charge is 0.234 e. The third-order valence-electron chi connectivity index (χ3n) is 4.23. The number of hydrogen-bond donors (Lipinski definition) is 1. The van der Waals surface area contributed by atoms with Crippen LogP contribution in [0.15, 0.2) is 5.16 Å². The summed E-state index contributed by atoms with van der Waals surface area (Å²) >= 11 is 1.32. The summed E-state index contributed by atoms with van der Waals surface area (Å²) in [5.41, 5.74) is -0.623. The van der Waals surface area contributed by atoms with Gasteiger partial charge in [-0.1, -0.05) is 37.9 Å². The van der Waals surface area contributed by atoms with E-state index in [0.717, 1.165) is 50.8 Å². The van der Waals surface area contributed by atoms with E-state index in [2.05, 4.69) is 28.2 Å². The maximum atomic E-state index is 12.4. The Bertz CT molecular complexity index is 544. The number of aryl methyl sites for hydroxylation is 1. The molecule has 1 aliphatic rings. The van der Waals surface area contributed by atoms with Crippen LogP contribution in [0.1, 0.15) is 51.3 Å². The molecule has 0 spiro atoms. The van der Waals surface area contributed by atoms with Gasteiger partial charge < -0.3 is 4.90 Å². The van der Waals surface area contributed by atoms with E-state index in [1.54, 1.807) is 11.9 Å². The maximum absolute atomic E-state index is 12.4. The normalized spacial score (nSPS) is 17.0. The highest BCUT2D eigenvalue weighted by Gasteiger charge is 2.38. The Labute approximate surface area is 135 Å². The zero-order valence-electron chi connectivity index (χ0n) is 13.3. The minimum atomic E-state index is -0.623. The first kappa shape index (κ1) is 16.8. The molecule has 1 heterocycles. The van der Waals surface area contributed by atoms with Crippen LogP contribution in [-0.2, 0) is 11.2 Å². The summed E-state index contributed by atoms with van der Waals surface area (Å²) in [5, 5.41) is 17.1. The molecule has 0 radical (unpaired) electrons. The molecule has 1 aromatic heterocycles. The second kappa shape index (κ2) is 7.63. The number of amides is 1. The topological polar surface area (TPSA) is 85.7 Å². The van der Waals surface area contributed by atoms with Gasteiger partial charge in [-0.05, 0) is 19.3 Å². The van der Waals surface area contributed by atoms with Gasteiger partial charge in [0, 0.05) is 13.5 Å². The van der Waals surface area contributed by atoms with Crippen molar-refractivity contribution < 1.29 is 4.79 Å². The number of carbonyl (C=O) groups excluding carboxylic acids is 1. The zero-order valence-corrected chi connectivity index (χ0v) is 14.1. The number of nitriles is 1. The summed E-state index contributed by atoms with van der Waals surface area (Å²) in [5.74, 6) is 1.09. The zero-order chi connectivity index (χ0) is 16.0. The van der Waals surface area contributed by atoms with Crippen molar-refractivity contribution in [2.45, 2.75) is 62.6 Å². The molecule has 1 amide bonds. The van der Waals surface area contributed by atoms with E-state index in [9.17, 15) is 10.1 Å². The second-order valence-electron chi connectivity index (χ2n) is 5.76. The SMILES string of the molecule is CCCc1nc(SCC(=O)N(C)C2(C#N)CCCCC2)n[nH]1. The number of nitrogens with one attached hydrogen (secondary N) is 1. The molecule has 1 aliphatic carbocycles. The summed E-state index contributed by atoms with van der Waals surface area (Å²) in [6.07, 6.45) is 6.59. The van der Waals surface area contributed by atoms with Gasteiger partial charge in [-0.2, -0.15) is 5.26 Å². The van der Waals surface area contributed by atoms with Crippen LogP contribution in [-0.4, -0.2) is 44.3 Å². The molecular formula is C15H23N5OS. The van der Waals surface area contributed by atoms with Crippen LogP contribution in [0.25, 0.3) is 0 Å². The Balaban J connectivity index is 1.91. The molecule has 0 bridgehead atoms.